The Morgan fingerprint density at radius 2 is 2.14 bits per heavy atom. The van der Waals surface area contributed by atoms with E-state index in [2.05, 4.69) is 33.1 Å². The first kappa shape index (κ1) is 14.2. The van der Waals surface area contributed by atoms with E-state index < -0.39 is 0 Å². The van der Waals surface area contributed by atoms with Gasteiger partial charge in [0.25, 0.3) is 0 Å². The molecule has 1 aliphatic carbocycles. The van der Waals surface area contributed by atoms with Gasteiger partial charge in [0.05, 0.1) is 11.7 Å². The number of hydrogen-bond acceptors (Lipinski definition) is 4. The van der Waals surface area contributed by atoms with Crippen molar-refractivity contribution < 1.29 is 4.79 Å². The maximum absolute atomic E-state index is 11.9. The van der Waals surface area contributed by atoms with Gasteiger partial charge in [0.2, 0.25) is 5.91 Å². The smallest absolute Gasteiger partial charge is 0.237 e. The highest BCUT2D eigenvalue weighted by atomic mass is 32.1. The predicted octanol–water partition coefficient (Wildman–Crippen LogP) is 2.57. The lowest BCUT2D eigenvalue weighted by Gasteiger charge is -2.12. The van der Waals surface area contributed by atoms with Gasteiger partial charge in [0.1, 0.15) is 5.01 Å². The van der Waals surface area contributed by atoms with Gasteiger partial charge < -0.3 is 5.32 Å². The highest BCUT2D eigenvalue weighted by Gasteiger charge is 2.25. The molecule has 0 aliphatic heterocycles. The zero-order valence-corrected chi connectivity index (χ0v) is 12.8. The van der Waals surface area contributed by atoms with Crippen molar-refractivity contribution in [1.29, 1.82) is 0 Å². The second-order valence-corrected chi connectivity index (χ2v) is 6.32. The molecular formula is C16H19N3OS. The van der Waals surface area contributed by atoms with Gasteiger partial charge in [-0.2, -0.15) is 0 Å². The summed E-state index contributed by atoms with van der Waals surface area (Å²) in [4.78, 5) is 16.5. The van der Waals surface area contributed by atoms with Gasteiger partial charge in [-0.25, -0.2) is 4.98 Å². The second-order valence-electron chi connectivity index (χ2n) is 5.38. The summed E-state index contributed by atoms with van der Waals surface area (Å²) in [5.74, 6) is 0.0809. The topological polar surface area (TPSA) is 54.0 Å². The molecule has 110 valence electrons. The van der Waals surface area contributed by atoms with Crippen LogP contribution in [0.15, 0.2) is 35.7 Å². The van der Waals surface area contributed by atoms with Crippen LogP contribution in [0.2, 0.25) is 0 Å². The maximum Gasteiger partial charge on any atom is 0.237 e. The Kier molecular flexibility index (Phi) is 4.31. The van der Waals surface area contributed by atoms with Crippen molar-refractivity contribution >= 4 is 17.2 Å². The van der Waals surface area contributed by atoms with Crippen LogP contribution >= 0.6 is 11.3 Å². The van der Waals surface area contributed by atoms with E-state index in [1.165, 1.54) is 0 Å². The molecule has 1 fully saturated rings. The number of hydrogen-bond donors (Lipinski definition) is 2. The van der Waals surface area contributed by atoms with E-state index in [1.807, 2.05) is 25.1 Å². The van der Waals surface area contributed by atoms with Crippen LogP contribution in [0.5, 0.6) is 0 Å². The molecule has 2 aromatic rings. The molecule has 0 spiro atoms. The van der Waals surface area contributed by atoms with Crippen LogP contribution in [0.3, 0.4) is 0 Å². The number of carbonyl (C=O) groups excluding carboxylic acids is 1. The molecule has 1 saturated carbocycles. The van der Waals surface area contributed by atoms with E-state index in [1.54, 1.807) is 11.3 Å². The largest absolute Gasteiger partial charge is 0.352 e. The molecule has 1 amide bonds. The molecule has 5 heteroatoms. The van der Waals surface area contributed by atoms with Gasteiger partial charge in [-0.1, -0.05) is 30.3 Å². The summed E-state index contributed by atoms with van der Waals surface area (Å²) in [6, 6.07) is 10.4. The first-order valence-electron chi connectivity index (χ1n) is 7.26. The zero-order valence-electron chi connectivity index (χ0n) is 12.0. The molecule has 1 heterocycles. The average molecular weight is 301 g/mol. The van der Waals surface area contributed by atoms with Crippen molar-refractivity contribution in [1.82, 2.24) is 15.6 Å². The molecule has 1 aromatic heterocycles. The lowest BCUT2D eigenvalue weighted by Crippen LogP contribution is -2.42. The highest BCUT2D eigenvalue weighted by molar-refractivity contribution is 7.09. The fourth-order valence-corrected chi connectivity index (χ4v) is 2.77. The van der Waals surface area contributed by atoms with Gasteiger partial charge in [0, 0.05) is 23.5 Å². The Bertz CT molecular complexity index is 607. The van der Waals surface area contributed by atoms with Crippen LogP contribution in [-0.2, 0) is 11.3 Å². The SMILES string of the molecule is CC(NCc1nc(-c2ccccc2)cs1)C(=O)NC1CC1. The number of benzene rings is 1. The molecule has 0 radical (unpaired) electrons. The fraction of sp³-hybridized carbons (Fsp3) is 0.375. The van der Waals surface area contributed by atoms with Crippen molar-refractivity contribution in [3.63, 3.8) is 0 Å². The van der Waals surface area contributed by atoms with E-state index in [9.17, 15) is 4.79 Å². The second kappa shape index (κ2) is 6.37. The minimum absolute atomic E-state index is 0.0809. The molecule has 3 rings (SSSR count). The van der Waals surface area contributed by atoms with Crippen LogP contribution in [0, 0.1) is 0 Å². The van der Waals surface area contributed by atoms with Crippen LogP contribution < -0.4 is 10.6 Å². The molecule has 4 nitrogen and oxygen atoms in total. The molecule has 0 saturated heterocycles. The summed E-state index contributed by atoms with van der Waals surface area (Å²) in [6.07, 6.45) is 2.23. The van der Waals surface area contributed by atoms with E-state index >= 15 is 0 Å². The molecular weight excluding hydrogens is 282 g/mol. The number of amides is 1. The fourth-order valence-electron chi connectivity index (χ4n) is 2.02. The summed E-state index contributed by atoms with van der Waals surface area (Å²) in [5, 5.41) is 9.29. The van der Waals surface area contributed by atoms with Crippen LogP contribution in [0.25, 0.3) is 11.3 Å². The van der Waals surface area contributed by atoms with Gasteiger partial charge in [-0.3, -0.25) is 10.1 Å². The van der Waals surface area contributed by atoms with Gasteiger partial charge in [0.15, 0.2) is 0 Å². The standard InChI is InChI=1S/C16H19N3OS/c1-11(16(20)18-13-7-8-13)17-9-15-19-14(10-21-15)12-5-3-2-4-6-12/h2-6,10-11,13,17H,7-9H2,1H3,(H,18,20). The summed E-state index contributed by atoms with van der Waals surface area (Å²) >= 11 is 1.62. The zero-order chi connectivity index (χ0) is 14.7. The Morgan fingerprint density at radius 1 is 1.38 bits per heavy atom. The van der Waals surface area contributed by atoms with E-state index in [-0.39, 0.29) is 11.9 Å². The third-order valence-electron chi connectivity index (χ3n) is 3.50. The minimum atomic E-state index is -0.185. The summed E-state index contributed by atoms with van der Waals surface area (Å²) < 4.78 is 0. The van der Waals surface area contributed by atoms with Crippen molar-refractivity contribution in [2.24, 2.45) is 0 Å². The predicted molar refractivity (Wildman–Crippen MR) is 85.0 cm³/mol. The highest BCUT2D eigenvalue weighted by Crippen LogP contribution is 2.21. The molecule has 1 unspecified atom stereocenters. The van der Waals surface area contributed by atoms with E-state index in [0.29, 0.717) is 12.6 Å². The Labute approximate surface area is 128 Å². The lowest BCUT2D eigenvalue weighted by molar-refractivity contribution is -0.122. The third kappa shape index (κ3) is 3.89. The van der Waals surface area contributed by atoms with Crippen LogP contribution in [-0.4, -0.2) is 23.0 Å². The van der Waals surface area contributed by atoms with Gasteiger partial charge in [-0.05, 0) is 19.8 Å². The molecule has 1 aliphatic rings. The minimum Gasteiger partial charge on any atom is -0.352 e. The van der Waals surface area contributed by atoms with E-state index in [4.69, 9.17) is 0 Å². The monoisotopic (exact) mass is 301 g/mol. The van der Waals surface area contributed by atoms with Crippen LogP contribution in [0.1, 0.15) is 24.8 Å². The van der Waals surface area contributed by atoms with Crippen molar-refractivity contribution in [2.45, 2.75) is 38.4 Å². The number of nitrogens with zero attached hydrogens (tertiary/aromatic N) is 1. The quantitative estimate of drug-likeness (QED) is 0.862. The number of rotatable bonds is 6. The molecule has 2 N–H and O–H groups in total. The van der Waals surface area contributed by atoms with Crippen molar-refractivity contribution in [3.8, 4) is 11.3 Å². The van der Waals surface area contributed by atoms with E-state index in [0.717, 1.165) is 29.1 Å². The molecule has 1 atom stereocenters. The molecule has 21 heavy (non-hydrogen) atoms. The third-order valence-corrected chi connectivity index (χ3v) is 4.35. The Hall–Kier alpha value is -1.72. The summed E-state index contributed by atoms with van der Waals surface area (Å²) in [7, 11) is 0. The van der Waals surface area contributed by atoms with Gasteiger partial charge in [-0.15, -0.1) is 11.3 Å². The number of carbonyl (C=O) groups is 1. The molecule has 1 aromatic carbocycles. The van der Waals surface area contributed by atoms with Crippen LogP contribution in [0.4, 0.5) is 0 Å². The first-order valence-corrected chi connectivity index (χ1v) is 8.14. The van der Waals surface area contributed by atoms with Gasteiger partial charge >= 0.3 is 0 Å². The number of nitrogens with one attached hydrogen (secondary N) is 2. The first-order chi connectivity index (χ1) is 10.2. The number of thiazole rings is 1. The summed E-state index contributed by atoms with van der Waals surface area (Å²) in [5.41, 5.74) is 2.12. The number of aromatic nitrogens is 1. The Morgan fingerprint density at radius 3 is 2.86 bits per heavy atom. The normalized spacial score (nSPS) is 15.7. The lowest BCUT2D eigenvalue weighted by atomic mass is 10.2. The average Bonchev–Trinajstić information content (AvgIpc) is 3.20. The summed E-state index contributed by atoms with van der Waals surface area (Å²) in [6.45, 7) is 2.51. The van der Waals surface area contributed by atoms with Crippen molar-refractivity contribution in [3.05, 3.63) is 40.7 Å². The maximum atomic E-state index is 11.9. The molecule has 0 bridgehead atoms. The Balaban J connectivity index is 1.53. The van der Waals surface area contributed by atoms with Crippen molar-refractivity contribution in [2.75, 3.05) is 0 Å².